The number of hydrogen-bond acceptors (Lipinski definition) is 2. The van der Waals surface area contributed by atoms with Crippen molar-refractivity contribution in [2.24, 2.45) is 0 Å². The third kappa shape index (κ3) is 2.03. The fourth-order valence-electron chi connectivity index (χ4n) is 0.634. The summed E-state index contributed by atoms with van der Waals surface area (Å²) in [5.41, 5.74) is 0.473. The number of nitrogens with zero attached hydrogens (tertiary/aromatic N) is 1. The second-order valence-electron chi connectivity index (χ2n) is 1.83. The van der Waals surface area contributed by atoms with Crippen LogP contribution in [0.3, 0.4) is 0 Å². The first-order chi connectivity index (χ1) is 5.27. The van der Waals surface area contributed by atoms with Crippen molar-refractivity contribution in [1.29, 1.82) is 5.26 Å². The van der Waals surface area contributed by atoms with Crippen molar-refractivity contribution in [3.8, 4) is 6.07 Å². The maximum Gasteiger partial charge on any atom is 0.101 e. The molecular formula is C7H3Cl2NS. The van der Waals surface area contributed by atoms with Crippen LogP contribution in [-0.4, -0.2) is 0 Å². The topological polar surface area (TPSA) is 23.8 Å². The molecule has 0 aliphatic heterocycles. The number of halogens is 2. The summed E-state index contributed by atoms with van der Waals surface area (Å²) in [6.45, 7) is 0. The van der Waals surface area contributed by atoms with Crippen LogP contribution in [0.1, 0.15) is 5.56 Å². The van der Waals surface area contributed by atoms with Crippen LogP contribution in [0.4, 0.5) is 0 Å². The van der Waals surface area contributed by atoms with Crippen LogP contribution in [0.2, 0.25) is 5.02 Å². The average molecular weight is 204 g/mol. The highest BCUT2D eigenvalue weighted by Gasteiger charge is 1.99. The number of benzene rings is 1. The van der Waals surface area contributed by atoms with Crippen LogP contribution in [0, 0.1) is 11.3 Å². The standard InChI is InChI=1S/C7H3Cl2NS/c8-7-3-6(11-9)2-1-5(7)4-10/h1-3H. The zero-order valence-corrected chi connectivity index (χ0v) is 7.67. The highest BCUT2D eigenvalue weighted by atomic mass is 35.7. The lowest BCUT2D eigenvalue weighted by Gasteiger charge is -1.95. The largest absolute Gasteiger partial charge is 0.192 e. The molecule has 1 rings (SSSR count). The molecule has 0 saturated heterocycles. The minimum absolute atomic E-state index is 0.443. The van der Waals surface area contributed by atoms with Crippen LogP contribution in [0.5, 0.6) is 0 Å². The van der Waals surface area contributed by atoms with Crippen LogP contribution in [0.25, 0.3) is 0 Å². The van der Waals surface area contributed by atoms with Gasteiger partial charge in [0.1, 0.15) is 6.07 Å². The lowest BCUT2D eigenvalue weighted by Crippen LogP contribution is -1.75. The van der Waals surface area contributed by atoms with Gasteiger partial charge in [0.2, 0.25) is 0 Å². The van der Waals surface area contributed by atoms with E-state index in [1.165, 1.54) is 0 Å². The van der Waals surface area contributed by atoms with Gasteiger partial charge in [0.25, 0.3) is 0 Å². The molecule has 0 saturated carbocycles. The summed E-state index contributed by atoms with van der Waals surface area (Å²) in [6.07, 6.45) is 0. The van der Waals surface area contributed by atoms with Crippen molar-refractivity contribution >= 4 is 33.3 Å². The van der Waals surface area contributed by atoms with E-state index in [1.54, 1.807) is 18.2 Å². The van der Waals surface area contributed by atoms with Gasteiger partial charge in [-0.3, -0.25) is 0 Å². The molecule has 0 radical (unpaired) electrons. The number of nitriles is 1. The van der Waals surface area contributed by atoms with E-state index in [-0.39, 0.29) is 0 Å². The zero-order chi connectivity index (χ0) is 8.27. The molecule has 1 aromatic rings. The van der Waals surface area contributed by atoms with Crippen molar-refractivity contribution in [1.82, 2.24) is 0 Å². The third-order valence-corrected chi connectivity index (χ3v) is 2.43. The van der Waals surface area contributed by atoms with Crippen LogP contribution >= 0.6 is 33.3 Å². The molecule has 0 fully saturated rings. The van der Waals surface area contributed by atoms with Gasteiger partial charge in [-0.1, -0.05) is 11.6 Å². The lowest BCUT2D eigenvalue weighted by molar-refractivity contribution is 1.42. The smallest absolute Gasteiger partial charge is 0.101 e. The fraction of sp³-hybridized carbons (Fsp3) is 0. The minimum Gasteiger partial charge on any atom is -0.192 e. The molecule has 0 aliphatic carbocycles. The van der Waals surface area contributed by atoms with Gasteiger partial charge in [0.15, 0.2) is 0 Å². The Morgan fingerprint density at radius 1 is 1.45 bits per heavy atom. The first kappa shape index (κ1) is 8.73. The monoisotopic (exact) mass is 203 g/mol. The molecular weight excluding hydrogens is 201 g/mol. The van der Waals surface area contributed by atoms with Gasteiger partial charge in [-0.15, -0.1) is 0 Å². The van der Waals surface area contributed by atoms with Gasteiger partial charge >= 0.3 is 0 Å². The predicted octanol–water partition coefficient (Wildman–Crippen LogP) is 3.46. The van der Waals surface area contributed by atoms with Crippen molar-refractivity contribution in [2.75, 3.05) is 0 Å². The Bertz CT molecular complexity index is 306. The van der Waals surface area contributed by atoms with E-state index >= 15 is 0 Å². The SMILES string of the molecule is N#Cc1ccc(SCl)cc1Cl. The Labute approximate surface area is 78.4 Å². The molecule has 1 aromatic carbocycles. The predicted molar refractivity (Wildman–Crippen MR) is 47.9 cm³/mol. The van der Waals surface area contributed by atoms with Crippen molar-refractivity contribution in [3.05, 3.63) is 28.8 Å². The summed E-state index contributed by atoms with van der Waals surface area (Å²) in [5, 5.41) is 8.95. The quantitative estimate of drug-likeness (QED) is 0.699. The maximum absolute atomic E-state index is 8.51. The van der Waals surface area contributed by atoms with E-state index in [0.29, 0.717) is 10.6 Å². The second-order valence-corrected chi connectivity index (χ2v) is 3.33. The van der Waals surface area contributed by atoms with Crippen molar-refractivity contribution in [3.63, 3.8) is 0 Å². The minimum atomic E-state index is 0.443. The highest BCUT2D eigenvalue weighted by Crippen LogP contribution is 2.26. The molecule has 0 heterocycles. The molecule has 1 nitrogen and oxygen atoms in total. The lowest BCUT2D eigenvalue weighted by atomic mass is 10.2. The Balaban J connectivity index is 3.12. The first-order valence-corrected chi connectivity index (χ1v) is 4.78. The summed E-state index contributed by atoms with van der Waals surface area (Å²) in [4.78, 5) is 0.843. The van der Waals surface area contributed by atoms with E-state index in [9.17, 15) is 0 Å². The van der Waals surface area contributed by atoms with Gasteiger partial charge in [0.05, 0.1) is 10.6 Å². The summed E-state index contributed by atoms with van der Waals surface area (Å²) in [5.74, 6) is 0. The molecule has 0 N–H and O–H groups in total. The van der Waals surface area contributed by atoms with Gasteiger partial charge < -0.3 is 0 Å². The average Bonchev–Trinajstić information content (AvgIpc) is 2.04. The van der Waals surface area contributed by atoms with Crippen LogP contribution in [0.15, 0.2) is 23.1 Å². The van der Waals surface area contributed by atoms with Crippen LogP contribution < -0.4 is 0 Å². The van der Waals surface area contributed by atoms with Crippen molar-refractivity contribution in [2.45, 2.75) is 4.90 Å². The van der Waals surface area contributed by atoms with Crippen molar-refractivity contribution < 1.29 is 0 Å². The zero-order valence-electron chi connectivity index (χ0n) is 5.34. The first-order valence-electron chi connectivity index (χ1n) is 2.76. The van der Waals surface area contributed by atoms with E-state index in [1.807, 2.05) is 6.07 Å². The Hall–Kier alpha value is -0.360. The number of rotatable bonds is 1. The molecule has 56 valence electrons. The number of hydrogen-bond donors (Lipinski definition) is 0. The molecule has 0 aliphatic rings. The molecule has 0 bridgehead atoms. The highest BCUT2D eigenvalue weighted by molar-refractivity contribution is 8.21. The molecule has 0 unspecified atom stereocenters. The van der Waals surface area contributed by atoms with Crippen LogP contribution in [-0.2, 0) is 0 Å². The molecule has 0 aromatic heterocycles. The molecule has 11 heavy (non-hydrogen) atoms. The summed E-state index contributed by atoms with van der Waals surface area (Å²) < 4.78 is 0. The summed E-state index contributed by atoms with van der Waals surface area (Å²) in [6, 6.07) is 7.02. The molecule has 0 amide bonds. The Morgan fingerprint density at radius 2 is 2.18 bits per heavy atom. The molecule has 4 heteroatoms. The molecule has 0 spiro atoms. The molecule has 0 atom stereocenters. The maximum atomic E-state index is 8.51. The normalized spacial score (nSPS) is 9.18. The Morgan fingerprint density at radius 3 is 2.64 bits per heavy atom. The third-order valence-electron chi connectivity index (χ3n) is 1.15. The van der Waals surface area contributed by atoms with E-state index < -0.39 is 0 Å². The fourth-order valence-corrected chi connectivity index (χ4v) is 1.49. The van der Waals surface area contributed by atoms with Gasteiger partial charge in [0, 0.05) is 4.90 Å². The second kappa shape index (κ2) is 3.87. The summed E-state index contributed by atoms with van der Waals surface area (Å²) in [7, 11) is 6.55. The Kier molecular flexibility index (Phi) is 3.07. The summed E-state index contributed by atoms with van der Waals surface area (Å²) >= 11 is 5.71. The van der Waals surface area contributed by atoms with Gasteiger partial charge in [-0.05, 0) is 39.9 Å². The van der Waals surface area contributed by atoms with Gasteiger partial charge in [-0.25, -0.2) is 0 Å². The van der Waals surface area contributed by atoms with E-state index in [4.69, 9.17) is 27.5 Å². The van der Waals surface area contributed by atoms with E-state index in [0.717, 1.165) is 15.9 Å². The van der Waals surface area contributed by atoms with E-state index in [2.05, 4.69) is 0 Å². The van der Waals surface area contributed by atoms with Gasteiger partial charge in [-0.2, -0.15) is 5.26 Å².